The summed E-state index contributed by atoms with van der Waals surface area (Å²) in [5.74, 6) is -0.313. The summed E-state index contributed by atoms with van der Waals surface area (Å²) >= 11 is 0. The van der Waals surface area contributed by atoms with Crippen molar-refractivity contribution < 1.29 is 14.3 Å². The van der Waals surface area contributed by atoms with Gasteiger partial charge in [0.05, 0.1) is 13.0 Å². The molecule has 0 aromatic heterocycles. The summed E-state index contributed by atoms with van der Waals surface area (Å²) in [4.78, 5) is 22.4. The fourth-order valence-corrected chi connectivity index (χ4v) is 1.83. The average molecular weight is 182 g/mol. The maximum Gasteiger partial charge on any atom is 0.313 e. The molecule has 0 saturated heterocycles. The van der Waals surface area contributed by atoms with E-state index >= 15 is 0 Å². The number of ether oxygens (including phenoxy) is 1. The van der Waals surface area contributed by atoms with Crippen LogP contribution in [-0.2, 0) is 14.3 Å². The van der Waals surface area contributed by atoms with Gasteiger partial charge in [-0.05, 0) is 18.9 Å². The Morgan fingerprint density at radius 3 is 2.69 bits per heavy atom. The minimum absolute atomic E-state index is 0.0601. The normalized spacial score (nSPS) is 28.2. The van der Waals surface area contributed by atoms with Gasteiger partial charge in [-0.15, -0.1) is 0 Å². The molecule has 0 spiro atoms. The van der Waals surface area contributed by atoms with Crippen molar-refractivity contribution >= 4 is 11.8 Å². The van der Waals surface area contributed by atoms with Gasteiger partial charge in [-0.25, -0.2) is 0 Å². The first-order valence-electron chi connectivity index (χ1n) is 4.35. The van der Waals surface area contributed by atoms with Crippen LogP contribution < -0.4 is 0 Å². The average Bonchev–Trinajstić information content (AvgIpc) is 2.02. The summed E-state index contributed by atoms with van der Waals surface area (Å²) in [5.41, 5.74) is 0.815. The molecule has 1 aliphatic rings. The summed E-state index contributed by atoms with van der Waals surface area (Å²) in [6.45, 7) is 3.70. The van der Waals surface area contributed by atoms with Crippen LogP contribution in [0.1, 0.15) is 20.3 Å². The Bertz CT molecular complexity index is 265. The van der Waals surface area contributed by atoms with E-state index < -0.39 is 0 Å². The van der Waals surface area contributed by atoms with E-state index in [4.69, 9.17) is 0 Å². The molecule has 0 radical (unpaired) electrons. The third kappa shape index (κ3) is 1.97. The van der Waals surface area contributed by atoms with Crippen LogP contribution in [-0.4, -0.2) is 18.9 Å². The summed E-state index contributed by atoms with van der Waals surface area (Å²) in [6, 6.07) is 0. The van der Waals surface area contributed by atoms with Crippen molar-refractivity contribution in [1.82, 2.24) is 0 Å². The summed E-state index contributed by atoms with van der Waals surface area (Å²) in [7, 11) is 1.37. The molecule has 0 N–H and O–H groups in total. The Morgan fingerprint density at radius 1 is 1.62 bits per heavy atom. The van der Waals surface area contributed by atoms with Crippen LogP contribution in [0.15, 0.2) is 11.6 Å². The van der Waals surface area contributed by atoms with Crippen molar-refractivity contribution in [2.75, 3.05) is 7.11 Å². The zero-order valence-electron chi connectivity index (χ0n) is 8.16. The molecule has 0 aromatic rings. The lowest BCUT2D eigenvalue weighted by molar-refractivity contribution is -0.146. The second-order valence-electron chi connectivity index (χ2n) is 3.54. The molecule has 3 nitrogen and oxygen atoms in total. The van der Waals surface area contributed by atoms with E-state index in [0.717, 1.165) is 5.57 Å². The minimum atomic E-state index is -0.242. The molecule has 0 bridgehead atoms. The lowest BCUT2D eigenvalue weighted by atomic mass is 9.80. The predicted molar refractivity (Wildman–Crippen MR) is 48.1 cm³/mol. The molecule has 0 aliphatic heterocycles. The third-order valence-corrected chi connectivity index (χ3v) is 2.43. The van der Waals surface area contributed by atoms with E-state index in [1.54, 1.807) is 13.0 Å². The Labute approximate surface area is 77.8 Å². The van der Waals surface area contributed by atoms with Crippen molar-refractivity contribution in [2.24, 2.45) is 11.8 Å². The lowest BCUT2D eigenvalue weighted by Gasteiger charge is -2.25. The number of ketones is 1. The summed E-state index contributed by atoms with van der Waals surface area (Å²) < 4.78 is 4.67. The minimum Gasteiger partial charge on any atom is -0.469 e. The van der Waals surface area contributed by atoms with Crippen LogP contribution in [0, 0.1) is 11.8 Å². The van der Waals surface area contributed by atoms with E-state index in [-0.39, 0.29) is 23.6 Å². The maximum absolute atomic E-state index is 11.3. The van der Waals surface area contributed by atoms with Gasteiger partial charge < -0.3 is 4.74 Å². The zero-order valence-corrected chi connectivity index (χ0v) is 8.16. The molecule has 0 amide bonds. The summed E-state index contributed by atoms with van der Waals surface area (Å²) in [6.07, 6.45) is 1.98. The Morgan fingerprint density at radius 2 is 2.23 bits per heavy atom. The van der Waals surface area contributed by atoms with Crippen molar-refractivity contribution in [2.45, 2.75) is 20.3 Å². The first kappa shape index (κ1) is 9.96. The van der Waals surface area contributed by atoms with Gasteiger partial charge in [-0.3, -0.25) is 9.59 Å². The van der Waals surface area contributed by atoms with Gasteiger partial charge in [-0.1, -0.05) is 12.5 Å². The molecule has 0 unspecified atom stereocenters. The van der Waals surface area contributed by atoms with Crippen LogP contribution in [0.5, 0.6) is 0 Å². The van der Waals surface area contributed by atoms with Gasteiger partial charge in [0.25, 0.3) is 0 Å². The molecule has 0 heterocycles. The van der Waals surface area contributed by atoms with Crippen molar-refractivity contribution in [1.29, 1.82) is 0 Å². The predicted octanol–water partition coefficient (Wildman–Crippen LogP) is 1.33. The molecule has 0 fully saturated rings. The molecule has 13 heavy (non-hydrogen) atoms. The second kappa shape index (κ2) is 3.73. The highest BCUT2D eigenvalue weighted by atomic mass is 16.5. The van der Waals surface area contributed by atoms with E-state index in [0.29, 0.717) is 6.42 Å². The Kier molecular flexibility index (Phi) is 2.86. The van der Waals surface area contributed by atoms with Crippen molar-refractivity contribution in [3.05, 3.63) is 11.6 Å². The van der Waals surface area contributed by atoms with Crippen molar-refractivity contribution in [3.8, 4) is 0 Å². The van der Waals surface area contributed by atoms with Gasteiger partial charge in [-0.2, -0.15) is 0 Å². The van der Waals surface area contributed by atoms with E-state index in [2.05, 4.69) is 4.74 Å². The zero-order chi connectivity index (χ0) is 10.0. The smallest absolute Gasteiger partial charge is 0.313 e. The molecule has 3 heteroatoms. The van der Waals surface area contributed by atoms with E-state index in [9.17, 15) is 9.59 Å². The van der Waals surface area contributed by atoms with E-state index in [1.165, 1.54) is 7.11 Å². The van der Waals surface area contributed by atoms with Crippen LogP contribution in [0.2, 0.25) is 0 Å². The van der Waals surface area contributed by atoms with Gasteiger partial charge in [0.2, 0.25) is 0 Å². The largest absolute Gasteiger partial charge is 0.469 e. The fraction of sp³-hybridized carbons (Fsp3) is 0.600. The first-order chi connectivity index (χ1) is 6.06. The highest BCUT2D eigenvalue weighted by molar-refractivity contribution is 5.94. The number of hydrogen-bond acceptors (Lipinski definition) is 3. The SMILES string of the molecule is COC(=O)[C@@H]1C(C)=CC(=O)C[C@H]1C. The fourth-order valence-electron chi connectivity index (χ4n) is 1.83. The second-order valence-corrected chi connectivity index (χ2v) is 3.54. The molecular weight excluding hydrogens is 168 g/mol. The molecule has 0 saturated carbocycles. The Hall–Kier alpha value is -1.12. The highest BCUT2D eigenvalue weighted by Crippen LogP contribution is 2.29. The summed E-state index contributed by atoms with van der Waals surface area (Å²) in [5, 5.41) is 0. The van der Waals surface area contributed by atoms with E-state index in [1.807, 2.05) is 6.92 Å². The molecular formula is C10H14O3. The maximum atomic E-state index is 11.3. The lowest BCUT2D eigenvalue weighted by Crippen LogP contribution is -2.29. The highest BCUT2D eigenvalue weighted by Gasteiger charge is 2.32. The van der Waals surface area contributed by atoms with Crippen LogP contribution in [0.25, 0.3) is 0 Å². The number of hydrogen-bond donors (Lipinski definition) is 0. The van der Waals surface area contributed by atoms with Gasteiger partial charge in [0.15, 0.2) is 5.78 Å². The monoisotopic (exact) mass is 182 g/mol. The Balaban J connectivity index is 2.90. The van der Waals surface area contributed by atoms with Gasteiger partial charge >= 0.3 is 5.97 Å². The number of methoxy groups -OCH3 is 1. The standard InChI is InChI=1S/C10H14O3/c1-6-4-8(11)5-7(2)9(6)10(12)13-3/h4,7,9H,5H2,1-3H3/t7-,9-/m1/s1. The van der Waals surface area contributed by atoms with Crippen LogP contribution in [0.4, 0.5) is 0 Å². The molecule has 2 atom stereocenters. The molecule has 1 aliphatic carbocycles. The van der Waals surface area contributed by atoms with Gasteiger partial charge in [0, 0.05) is 6.42 Å². The quantitative estimate of drug-likeness (QED) is 0.574. The number of allylic oxidation sites excluding steroid dienone is 1. The number of esters is 1. The van der Waals surface area contributed by atoms with Crippen molar-refractivity contribution in [3.63, 3.8) is 0 Å². The van der Waals surface area contributed by atoms with Gasteiger partial charge in [0.1, 0.15) is 0 Å². The number of carbonyl (C=O) groups is 2. The topological polar surface area (TPSA) is 43.4 Å². The molecule has 1 rings (SSSR count). The third-order valence-electron chi connectivity index (χ3n) is 2.43. The first-order valence-corrected chi connectivity index (χ1v) is 4.35. The molecule has 0 aromatic carbocycles. The van der Waals surface area contributed by atoms with Crippen LogP contribution >= 0.6 is 0 Å². The number of rotatable bonds is 1. The van der Waals surface area contributed by atoms with Crippen LogP contribution in [0.3, 0.4) is 0 Å². The number of carbonyl (C=O) groups excluding carboxylic acids is 2. The molecule has 72 valence electrons.